The minimum atomic E-state index is -0.591. The van der Waals surface area contributed by atoms with Crippen LogP contribution in [0.25, 0.3) is 5.69 Å². The molecule has 1 aromatic carbocycles. The van der Waals surface area contributed by atoms with Crippen molar-refractivity contribution in [1.29, 1.82) is 0 Å². The van der Waals surface area contributed by atoms with Gasteiger partial charge in [-0.2, -0.15) is 4.68 Å². The SMILES string of the molecule is C[C@H](Sc1nnnn1-c1cccc(Cl)c1)C(=O)Nc1sccc1C(N)=O. The van der Waals surface area contributed by atoms with Gasteiger partial charge >= 0.3 is 0 Å². The minimum Gasteiger partial charge on any atom is -0.366 e. The first-order valence-electron chi connectivity index (χ1n) is 7.35. The lowest BCUT2D eigenvalue weighted by atomic mass is 10.3. The number of hydrogen-bond donors (Lipinski definition) is 2. The van der Waals surface area contributed by atoms with Crippen molar-refractivity contribution in [3.63, 3.8) is 0 Å². The monoisotopic (exact) mass is 408 g/mol. The molecule has 2 amide bonds. The summed E-state index contributed by atoms with van der Waals surface area (Å²) in [5.41, 5.74) is 6.26. The highest BCUT2D eigenvalue weighted by molar-refractivity contribution is 8.00. The Hall–Kier alpha value is -2.43. The van der Waals surface area contributed by atoms with Gasteiger partial charge in [-0.15, -0.1) is 16.4 Å². The first-order chi connectivity index (χ1) is 12.5. The number of thiophene rings is 1. The second-order valence-corrected chi connectivity index (χ2v) is 7.79. The third-order valence-electron chi connectivity index (χ3n) is 3.31. The molecule has 2 heterocycles. The molecular weight excluding hydrogens is 396 g/mol. The first-order valence-corrected chi connectivity index (χ1v) is 9.48. The van der Waals surface area contributed by atoms with Gasteiger partial charge in [0.15, 0.2) is 0 Å². The molecule has 0 fully saturated rings. The number of aromatic nitrogens is 4. The molecular formula is C15H13ClN6O2S2. The van der Waals surface area contributed by atoms with Crippen LogP contribution in [0.2, 0.25) is 5.02 Å². The number of carbonyl (C=O) groups excluding carboxylic acids is 2. The summed E-state index contributed by atoms with van der Waals surface area (Å²) in [6, 6.07) is 8.63. The molecule has 0 aliphatic rings. The molecule has 0 aliphatic heterocycles. The Morgan fingerprint density at radius 1 is 1.38 bits per heavy atom. The van der Waals surface area contributed by atoms with Crippen molar-refractivity contribution < 1.29 is 9.59 Å². The highest BCUT2D eigenvalue weighted by atomic mass is 35.5. The Kier molecular flexibility index (Phi) is 5.55. The number of anilines is 1. The lowest BCUT2D eigenvalue weighted by Gasteiger charge is -2.11. The van der Waals surface area contributed by atoms with E-state index in [2.05, 4.69) is 20.8 Å². The third kappa shape index (κ3) is 4.03. The van der Waals surface area contributed by atoms with Crippen molar-refractivity contribution in [1.82, 2.24) is 20.2 Å². The zero-order valence-corrected chi connectivity index (χ0v) is 15.8. The number of thioether (sulfide) groups is 1. The molecule has 0 bridgehead atoms. The van der Waals surface area contributed by atoms with Gasteiger partial charge in [-0.3, -0.25) is 9.59 Å². The molecule has 3 rings (SSSR count). The highest BCUT2D eigenvalue weighted by Gasteiger charge is 2.21. The predicted molar refractivity (Wildman–Crippen MR) is 101 cm³/mol. The van der Waals surface area contributed by atoms with E-state index >= 15 is 0 Å². The second-order valence-electron chi connectivity index (χ2n) is 5.13. The number of rotatable bonds is 6. The van der Waals surface area contributed by atoms with Gasteiger partial charge in [0, 0.05) is 5.02 Å². The number of primary amides is 1. The average molecular weight is 409 g/mol. The van der Waals surface area contributed by atoms with E-state index in [0.29, 0.717) is 20.9 Å². The van der Waals surface area contributed by atoms with Crippen LogP contribution in [0.4, 0.5) is 5.00 Å². The van der Waals surface area contributed by atoms with Crippen molar-refractivity contribution in [2.24, 2.45) is 5.73 Å². The van der Waals surface area contributed by atoms with Gasteiger partial charge in [0.05, 0.1) is 16.5 Å². The van der Waals surface area contributed by atoms with Gasteiger partial charge in [0.2, 0.25) is 11.1 Å². The van der Waals surface area contributed by atoms with Crippen LogP contribution >= 0.6 is 34.7 Å². The fourth-order valence-electron chi connectivity index (χ4n) is 2.05. The van der Waals surface area contributed by atoms with Crippen LogP contribution in [-0.2, 0) is 4.79 Å². The Balaban J connectivity index is 1.73. The number of nitrogens with zero attached hydrogens (tertiary/aromatic N) is 4. The number of benzene rings is 1. The molecule has 0 radical (unpaired) electrons. The maximum atomic E-state index is 12.4. The zero-order valence-electron chi connectivity index (χ0n) is 13.4. The van der Waals surface area contributed by atoms with Crippen LogP contribution in [0.1, 0.15) is 17.3 Å². The van der Waals surface area contributed by atoms with Crippen LogP contribution < -0.4 is 11.1 Å². The molecule has 0 unspecified atom stereocenters. The topological polar surface area (TPSA) is 116 Å². The fraction of sp³-hybridized carbons (Fsp3) is 0.133. The van der Waals surface area contributed by atoms with Gasteiger partial charge in [-0.1, -0.05) is 29.4 Å². The zero-order chi connectivity index (χ0) is 18.7. The lowest BCUT2D eigenvalue weighted by Crippen LogP contribution is -2.24. The quantitative estimate of drug-likeness (QED) is 0.605. The van der Waals surface area contributed by atoms with E-state index in [4.69, 9.17) is 17.3 Å². The molecule has 134 valence electrons. The van der Waals surface area contributed by atoms with Gasteiger partial charge < -0.3 is 11.1 Å². The van der Waals surface area contributed by atoms with E-state index in [9.17, 15) is 9.59 Å². The summed E-state index contributed by atoms with van der Waals surface area (Å²) in [6.45, 7) is 1.72. The molecule has 0 aliphatic carbocycles. The maximum Gasteiger partial charge on any atom is 0.251 e. The van der Waals surface area contributed by atoms with Crippen LogP contribution in [-0.4, -0.2) is 37.3 Å². The van der Waals surface area contributed by atoms with E-state index in [-0.39, 0.29) is 11.5 Å². The van der Waals surface area contributed by atoms with Crippen molar-refractivity contribution in [2.75, 3.05) is 5.32 Å². The molecule has 3 N–H and O–H groups in total. The predicted octanol–water partition coefficient (Wildman–Crippen LogP) is 2.60. The summed E-state index contributed by atoms with van der Waals surface area (Å²) in [5.74, 6) is -0.882. The first kappa shape index (κ1) is 18.4. The van der Waals surface area contributed by atoms with E-state index in [1.807, 2.05) is 6.07 Å². The minimum absolute atomic E-state index is 0.282. The Morgan fingerprint density at radius 2 is 2.19 bits per heavy atom. The largest absolute Gasteiger partial charge is 0.366 e. The van der Waals surface area contributed by atoms with E-state index in [1.165, 1.54) is 27.8 Å². The molecule has 3 aromatic rings. The molecule has 26 heavy (non-hydrogen) atoms. The molecule has 0 saturated heterocycles. The van der Waals surface area contributed by atoms with Crippen molar-refractivity contribution >= 4 is 51.5 Å². The lowest BCUT2D eigenvalue weighted by molar-refractivity contribution is -0.115. The van der Waals surface area contributed by atoms with Crippen molar-refractivity contribution in [3.05, 3.63) is 46.3 Å². The summed E-state index contributed by atoms with van der Waals surface area (Å²) in [4.78, 5) is 23.8. The fourth-order valence-corrected chi connectivity index (χ4v) is 3.84. The molecule has 1 atom stereocenters. The summed E-state index contributed by atoms with van der Waals surface area (Å²) in [5, 5.41) is 16.9. The number of hydrogen-bond acceptors (Lipinski definition) is 7. The van der Waals surface area contributed by atoms with Crippen LogP contribution in [0.15, 0.2) is 40.9 Å². The smallest absolute Gasteiger partial charge is 0.251 e. The van der Waals surface area contributed by atoms with E-state index < -0.39 is 11.2 Å². The molecule has 8 nitrogen and oxygen atoms in total. The van der Waals surface area contributed by atoms with Crippen LogP contribution in [0, 0.1) is 0 Å². The summed E-state index contributed by atoms with van der Waals surface area (Å²) >= 11 is 8.41. The number of amides is 2. The summed E-state index contributed by atoms with van der Waals surface area (Å²) in [7, 11) is 0. The molecule has 0 spiro atoms. The number of nitrogens with one attached hydrogen (secondary N) is 1. The average Bonchev–Trinajstić information content (AvgIpc) is 3.24. The van der Waals surface area contributed by atoms with Gasteiger partial charge in [0.25, 0.3) is 5.91 Å². The standard InChI is InChI=1S/C15H13ClN6O2S2/c1-8(13(24)18-14-11(12(17)23)5-6-25-14)26-15-19-20-21-22(15)10-4-2-3-9(16)7-10/h2-8H,1H3,(H2,17,23)(H,18,24)/t8-/m0/s1. The number of carbonyl (C=O) groups is 2. The van der Waals surface area contributed by atoms with Gasteiger partial charge in [-0.05, 0) is 47.0 Å². The highest BCUT2D eigenvalue weighted by Crippen LogP contribution is 2.27. The van der Waals surface area contributed by atoms with Crippen molar-refractivity contribution in [2.45, 2.75) is 17.3 Å². The second kappa shape index (κ2) is 7.85. The van der Waals surface area contributed by atoms with Gasteiger partial charge in [-0.25, -0.2) is 0 Å². The van der Waals surface area contributed by atoms with Crippen LogP contribution in [0.5, 0.6) is 0 Å². The summed E-state index contributed by atoms with van der Waals surface area (Å²) < 4.78 is 1.50. The van der Waals surface area contributed by atoms with Crippen molar-refractivity contribution in [3.8, 4) is 5.69 Å². The molecule has 11 heteroatoms. The Labute approximate surface area is 161 Å². The normalized spacial score (nSPS) is 11.9. The van der Waals surface area contributed by atoms with Crippen LogP contribution in [0.3, 0.4) is 0 Å². The van der Waals surface area contributed by atoms with Gasteiger partial charge in [0.1, 0.15) is 5.00 Å². The molecule has 0 saturated carbocycles. The number of nitrogens with two attached hydrogens (primary N) is 1. The Bertz CT molecular complexity index is 957. The maximum absolute atomic E-state index is 12.4. The molecule has 2 aromatic heterocycles. The third-order valence-corrected chi connectivity index (χ3v) is 5.41. The number of halogens is 1. The number of tetrazole rings is 1. The summed E-state index contributed by atoms with van der Waals surface area (Å²) in [6.07, 6.45) is 0. The van der Waals surface area contributed by atoms with E-state index in [1.54, 1.807) is 36.6 Å². The van der Waals surface area contributed by atoms with E-state index in [0.717, 1.165) is 0 Å². The Morgan fingerprint density at radius 3 is 2.92 bits per heavy atom.